The minimum Gasteiger partial charge on any atom is -0.497 e. The van der Waals surface area contributed by atoms with E-state index in [1.165, 1.54) is 14.2 Å². The molecule has 1 unspecified atom stereocenters. The molecule has 1 rings (SSSR count). The van der Waals surface area contributed by atoms with Gasteiger partial charge in [0.25, 0.3) is 0 Å². The molecule has 0 radical (unpaired) electrons. The molecular weight excluding hydrogens is 326 g/mol. The standard InChI is InChI=1S/C18H27NO6/c1-7-11(2)15(16(20)21)19-17(22)25-18(3,4)12-8-13(23-5)10-14(9-12)24-6/h8-11,15H,7H2,1-6H3,(H,19,22)(H,20,21)/t11?,15-/m0/s1. The molecule has 0 saturated heterocycles. The van der Waals surface area contributed by atoms with E-state index in [4.69, 9.17) is 14.2 Å². The Kier molecular flexibility index (Phi) is 7.09. The lowest BCUT2D eigenvalue weighted by Crippen LogP contribution is -2.46. The summed E-state index contributed by atoms with van der Waals surface area (Å²) in [7, 11) is 3.06. The van der Waals surface area contributed by atoms with E-state index in [0.29, 0.717) is 23.5 Å². The number of aliphatic carboxylic acids is 1. The van der Waals surface area contributed by atoms with E-state index in [9.17, 15) is 14.7 Å². The van der Waals surface area contributed by atoms with Gasteiger partial charge in [-0.1, -0.05) is 20.3 Å². The fourth-order valence-electron chi connectivity index (χ4n) is 2.29. The molecule has 1 aromatic carbocycles. The first kappa shape index (κ1) is 20.6. The molecule has 0 aliphatic heterocycles. The average Bonchev–Trinajstić information content (AvgIpc) is 2.57. The van der Waals surface area contributed by atoms with Crippen LogP contribution in [0.3, 0.4) is 0 Å². The number of rotatable bonds is 8. The summed E-state index contributed by atoms with van der Waals surface area (Å²) in [5.74, 6) is -0.180. The second kappa shape index (κ2) is 8.60. The Morgan fingerprint density at radius 2 is 1.68 bits per heavy atom. The molecule has 0 heterocycles. The summed E-state index contributed by atoms with van der Waals surface area (Å²) < 4.78 is 15.9. The first-order valence-corrected chi connectivity index (χ1v) is 8.10. The maximum Gasteiger partial charge on any atom is 0.408 e. The number of amides is 1. The molecule has 1 aromatic rings. The molecule has 25 heavy (non-hydrogen) atoms. The lowest BCUT2D eigenvalue weighted by molar-refractivity contribution is -0.140. The first-order valence-electron chi connectivity index (χ1n) is 8.10. The van der Waals surface area contributed by atoms with Crippen molar-refractivity contribution in [2.45, 2.75) is 45.8 Å². The Hall–Kier alpha value is -2.44. The fraction of sp³-hybridized carbons (Fsp3) is 0.556. The molecule has 2 N–H and O–H groups in total. The van der Waals surface area contributed by atoms with E-state index in [2.05, 4.69) is 5.32 Å². The van der Waals surface area contributed by atoms with Gasteiger partial charge in [0.05, 0.1) is 14.2 Å². The van der Waals surface area contributed by atoms with Crippen LogP contribution in [0.1, 0.15) is 39.7 Å². The molecule has 0 spiro atoms. The summed E-state index contributed by atoms with van der Waals surface area (Å²) in [6.07, 6.45) is -0.173. The third-order valence-corrected chi connectivity index (χ3v) is 4.15. The molecule has 7 heteroatoms. The van der Waals surface area contributed by atoms with Gasteiger partial charge in [-0.2, -0.15) is 0 Å². The number of benzene rings is 1. The number of carbonyl (C=O) groups excluding carboxylic acids is 1. The quantitative estimate of drug-likeness (QED) is 0.745. The molecule has 0 aliphatic carbocycles. The van der Waals surface area contributed by atoms with Crippen LogP contribution >= 0.6 is 0 Å². The maximum absolute atomic E-state index is 12.2. The predicted octanol–water partition coefficient (Wildman–Crippen LogP) is 3.16. The summed E-state index contributed by atoms with van der Waals surface area (Å²) >= 11 is 0. The summed E-state index contributed by atoms with van der Waals surface area (Å²) in [4.78, 5) is 23.6. The topological polar surface area (TPSA) is 94.1 Å². The Balaban J connectivity index is 2.96. The third kappa shape index (κ3) is 5.55. The van der Waals surface area contributed by atoms with Gasteiger partial charge in [-0.15, -0.1) is 0 Å². The summed E-state index contributed by atoms with van der Waals surface area (Å²) in [5, 5.41) is 11.7. The zero-order valence-electron chi connectivity index (χ0n) is 15.6. The minimum atomic E-state index is -1.09. The van der Waals surface area contributed by atoms with Crippen LogP contribution in [0.2, 0.25) is 0 Å². The van der Waals surface area contributed by atoms with Crippen LogP contribution in [-0.2, 0) is 15.1 Å². The minimum absolute atomic E-state index is 0.218. The Morgan fingerprint density at radius 3 is 2.08 bits per heavy atom. The number of alkyl carbamates (subject to hydrolysis) is 1. The number of carbonyl (C=O) groups is 2. The zero-order valence-corrected chi connectivity index (χ0v) is 15.6. The fourth-order valence-corrected chi connectivity index (χ4v) is 2.29. The highest BCUT2D eigenvalue weighted by atomic mass is 16.6. The number of hydrogen-bond acceptors (Lipinski definition) is 5. The molecule has 140 valence electrons. The van der Waals surface area contributed by atoms with Crippen LogP contribution in [0.5, 0.6) is 11.5 Å². The van der Waals surface area contributed by atoms with Gasteiger partial charge >= 0.3 is 12.1 Å². The first-order chi connectivity index (χ1) is 11.6. The number of hydrogen-bond donors (Lipinski definition) is 2. The molecule has 7 nitrogen and oxygen atoms in total. The normalized spacial score (nSPS) is 13.5. The van der Waals surface area contributed by atoms with E-state index in [-0.39, 0.29) is 5.92 Å². The van der Waals surface area contributed by atoms with Gasteiger partial charge in [-0.05, 0) is 31.9 Å². The lowest BCUT2D eigenvalue weighted by Gasteiger charge is -2.28. The van der Waals surface area contributed by atoms with Crippen LogP contribution in [-0.4, -0.2) is 37.4 Å². The van der Waals surface area contributed by atoms with Gasteiger partial charge < -0.3 is 24.6 Å². The number of methoxy groups -OCH3 is 2. The third-order valence-electron chi connectivity index (χ3n) is 4.15. The van der Waals surface area contributed by atoms with Crippen LogP contribution in [0.15, 0.2) is 18.2 Å². The van der Waals surface area contributed by atoms with E-state index < -0.39 is 23.7 Å². The van der Waals surface area contributed by atoms with Crippen molar-refractivity contribution in [3.8, 4) is 11.5 Å². The molecule has 0 aromatic heterocycles. The van der Waals surface area contributed by atoms with Crippen molar-refractivity contribution in [1.29, 1.82) is 0 Å². The van der Waals surface area contributed by atoms with E-state index in [1.54, 1.807) is 39.0 Å². The zero-order chi connectivity index (χ0) is 19.2. The van der Waals surface area contributed by atoms with Crippen molar-refractivity contribution >= 4 is 12.1 Å². The van der Waals surface area contributed by atoms with Crippen LogP contribution in [0.4, 0.5) is 4.79 Å². The van der Waals surface area contributed by atoms with Crippen molar-refractivity contribution in [2.75, 3.05) is 14.2 Å². The van der Waals surface area contributed by atoms with Crippen LogP contribution in [0, 0.1) is 5.92 Å². The van der Waals surface area contributed by atoms with Gasteiger partial charge in [-0.25, -0.2) is 9.59 Å². The Morgan fingerprint density at radius 1 is 1.16 bits per heavy atom. The largest absolute Gasteiger partial charge is 0.497 e. The van der Waals surface area contributed by atoms with Gasteiger partial charge in [-0.3, -0.25) is 0 Å². The summed E-state index contributed by atoms with van der Waals surface area (Å²) in [5.41, 5.74) is -0.348. The van der Waals surface area contributed by atoms with E-state index in [0.717, 1.165) is 0 Å². The number of nitrogens with one attached hydrogen (secondary N) is 1. The number of ether oxygens (including phenoxy) is 3. The molecule has 0 saturated carbocycles. The highest BCUT2D eigenvalue weighted by molar-refractivity contribution is 5.80. The average molecular weight is 353 g/mol. The summed E-state index contributed by atoms with van der Waals surface area (Å²) in [6, 6.07) is 4.18. The van der Waals surface area contributed by atoms with Crippen molar-refractivity contribution in [3.05, 3.63) is 23.8 Å². The van der Waals surface area contributed by atoms with Gasteiger partial charge in [0.2, 0.25) is 0 Å². The van der Waals surface area contributed by atoms with Gasteiger partial charge in [0, 0.05) is 11.6 Å². The lowest BCUT2D eigenvalue weighted by atomic mass is 9.97. The van der Waals surface area contributed by atoms with Crippen LogP contribution < -0.4 is 14.8 Å². The smallest absolute Gasteiger partial charge is 0.408 e. The molecule has 0 bridgehead atoms. The monoisotopic (exact) mass is 353 g/mol. The maximum atomic E-state index is 12.2. The number of carboxylic acids is 1. The highest BCUT2D eigenvalue weighted by Gasteiger charge is 2.31. The highest BCUT2D eigenvalue weighted by Crippen LogP contribution is 2.32. The number of carboxylic acid groups (broad SMARTS) is 1. The molecule has 2 atom stereocenters. The van der Waals surface area contributed by atoms with Crippen molar-refractivity contribution in [3.63, 3.8) is 0 Å². The van der Waals surface area contributed by atoms with Crippen molar-refractivity contribution < 1.29 is 28.9 Å². The second-order valence-corrected chi connectivity index (χ2v) is 6.35. The molecule has 0 fully saturated rings. The van der Waals surface area contributed by atoms with Crippen molar-refractivity contribution in [1.82, 2.24) is 5.32 Å². The van der Waals surface area contributed by atoms with Crippen LogP contribution in [0.25, 0.3) is 0 Å². The molecule has 0 aliphatic rings. The SMILES string of the molecule is CCC(C)[C@H](NC(=O)OC(C)(C)c1cc(OC)cc(OC)c1)C(=O)O. The molecule has 1 amide bonds. The van der Waals surface area contributed by atoms with Crippen molar-refractivity contribution in [2.24, 2.45) is 5.92 Å². The predicted molar refractivity (Wildman–Crippen MR) is 93.1 cm³/mol. The van der Waals surface area contributed by atoms with Gasteiger partial charge in [0.15, 0.2) is 0 Å². The summed E-state index contributed by atoms with van der Waals surface area (Å²) in [6.45, 7) is 7.04. The van der Waals surface area contributed by atoms with Gasteiger partial charge in [0.1, 0.15) is 23.1 Å². The van der Waals surface area contributed by atoms with E-state index >= 15 is 0 Å². The Labute approximate surface area is 148 Å². The second-order valence-electron chi connectivity index (χ2n) is 6.35. The van der Waals surface area contributed by atoms with E-state index in [1.807, 2.05) is 6.92 Å². The Bertz CT molecular complexity index is 591. The molecular formula is C18H27NO6.